The van der Waals surface area contributed by atoms with Crippen molar-refractivity contribution < 1.29 is 9.59 Å². The summed E-state index contributed by atoms with van der Waals surface area (Å²) in [6.07, 6.45) is 4.44. The maximum atomic E-state index is 12.2. The van der Waals surface area contributed by atoms with E-state index in [4.69, 9.17) is 0 Å². The lowest BCUT2D eigenvalue weighted by atomic mass is 9.86. The van der Waals surface area contributed by atoms with E-state index in [0.29, 0.717) is 11.7 Å². The number of imide groups is 1. The predicted octanol–water partition coefficient (Wildman–Crippen LogP) is 4.11. The van der Waals surface area contributed by atoms with E-state index in [1.807, 2.05) is 6.92 Å². The number of carbonyl (C=O) groups is 2. The maximum absolute atomic E-state index is 12.2. The molecule has 27 heavy (non-hydrogen) atoms. The minimum atomic E-state index is -0.397. The highest BCUT2D eigenvalue weighted by Crippen LogP contribution is 2.35. The highest BCUT2D eigenvalue weighted by Gasteiger charge is 2.23. The van der Waals surface area contributed by atoms with E-state index in [1.54, 1.807) is 11.3 Å². The van der Waals surface area contributed by atoms with Gasteiger partial charge in [0, 0.05) is 16.3 Å². The zero-order valence-electron chi connectivity index (χ0n) is 16.2. The molecule has 0 aliphatic heterocycles. The van der Waals surface area contributed by atoms with Gasteiger partial charge in [0.05, 0.1) is 5.75 Å². The Morgan fingerprint density at radius 1 is 1.19 bits per heavy atom. The van der Waals surface area contributed by atoms with Crippen molar-refractivity contribution in [2.24, 2.45) is 5.92 Å². The van der Waals surface area contributed by atoms with Gasteiger partial charge in [-0.1, -0.05) is 31.5 Å². The van der Waals surface area contributed by atoms with Gasteiger partial charge in [0.1, 0.15) is 15.7 Å². The Morgan fingerprint density at radius 2 is 1.93 bits per heavy atom. The Balaban J connectivity index is 1.59. The second kappa shape index (κ2) is 8.56. The van der Waals surface area contributed by atoms with Gasteiger partial charge in [0.2, 0.25) is 5.91 Å². The van der Waals surface area contributed by atoms with E-state index in [2.05, 4.69) is 41.4 Å². The zero-order valence-corrected chi connectivity index (χ0v) is 17.9. The van der Waals surface area contributed by atoms with Crippen LogP contribution in [0, 0.1) is 26.7 Å². The first kappa shape index (κ1) is 20.1. The van der Waals surface area contributed by atoms with Crippen LogP contribution in [0.5, 0.6) is 0 Å². The summed E-state index contributed by atoms with van der Waals surface area (Å²) in [4.78, 5) is 35.5. The molecule has 6 nitrogen and oxygen atoms in total. The number of amides is 3. The van der Waals surface area contributed by atoms with Crippen molar-refractivity contribution in [3.63, 3.8) is 0 Å². The second-order valence-electron chi connectivity index (χ2n) is 7.22. The Bertz CT molecular complexity index is 865. The van der Waals surface area contributed by atoms with Crippen molar-refractivity contribution in [1.29, 1.82) is 0 Å². The van der Waals surface area contributed by atoms with Gasteiger partial charge in [-0.05, 0) is 45.1 Å². The minimum Gasteiger partial charge on any atom is -0.335 e. The van der Waals surface area contributed by atoms with Crippen molar-refractivity contribution in [1.82, 2.24) is 20.6 Å². The second-order valence-corrected chi connectivity index (χ2v) is 9.39. The Kier molecular flexibility index (Phi) is 6.37. The van der Waals surface area contributed by atoms with Crippen molar-refractivity contribution in [2.75, 3.05) is 5.75 Å². The fourth-order valence-corrected chi connectivity index (χ4v) is 5.52. The monoisotopic (exact) mass is 406 g/mol. The molecule has 3 amide bonds. The Hall–Kier alpha value is -1.67. The fourth-order valence-electron chi connectivity index (χ4n) is 3.45. The van der Waals surface area contributed by atoms with Gasteiger partial charge in [-0.15, -0.1) is 11.3 Å². The summed E-state index contributed by atoms with van der Waals surface area (Å²) >= 11 is 2.99. The summed E-state index contributed by atoms with van der Waals surface area (Å²) in [5.74, 6) is 0.981. The molecule has 2 aromatic rings. The van der Waals surface area contributed by atoms with Gasteiger partial charge < -0.3 is 5.32 Å². The third kappa shape index (κ3) is 4.79. The van der Waals surface area contributed by atoms with Crippen LogP contribution < -0.4 is 10.6 Å². The highest BCUT2D eigenvalue weighted by molar-refractivity contribution is 8.00. The molecule has 0 aromatic carbocycles. The number of fused-ring (bicyclic) bond motifs is 1. The van der Waals surface area contributed by atoms with Gasteiger partial charge in [-0.2, -0.15) is 0 Å². The molecule has 3 rings (SSSR count). The van der Waals surface area contributed by atoms with Gasteiger partial charge in [0.25, 0.3) is 0 Å². The quantitative estimate of drug-likeness (QED) is 0.590. The fraction of sp³-hybridized carbons (Fsp3) is 0.579. The number of aromatic nitrogens is 2. The van der Waals surface area contributed by atoms with Gasteiger partial charge >= 0.3 is 6.03 Å². The number of rotatable bonds is 4. The molecule has 0 bridgehead atoms. The molecule has 0 saturated heterocycles. The first-order valence-electron chi connectivity index (χ1n) is 9.32. The van der Waals surface area contributed by atoms with Crippen LogP contribution in [0.3, 0.4) is 0 Å². The number of carbonyl (C=O) groups excluding carboxylic acids is 2. The van der Waals surface area contributed by atoms with Crippen LogP contribution in [0.2, 0.25) is 0 Å². The van der Waals surface area contributed by atoms with Crippen molar-refractivity contribution >= 4 is 45.3 Å². The number of nitrogens with one attached hydrogen (secondary N) is 2. The lowest BCUT2D eigenvalue weighted by Gasteiger charge is -2.29. The van der Waals surface area contributed by atoms with Crippen LogP contribution in [0.15, 0.2) is 5.03 Å². The molecule has 1 fully saturated rings. The average molecular weight is 407 g/mol. The molecule has 2 atom stereocenters. The summed E-state index contributed by atoms with van der Waals surface area (Å²) < 4.78 is 0. The standard InChI is InChI=1S/C19H26N4O2S2/c1-10-7-5-6-8-14(10)22-19(25)23-15(24)9-26-17-16-11(2)12(3)27-18(16)21-13(4)20-17/h10,14H,5-9H2,1-4H3,(H2,22,23,24,25)/t10-,14+/m0/s1. The van der Waals surface area contributed by atoms with Crippen LogP contribution in [0.25, 0.3) is 10.2 Å². The van der Waals surface area contributed by atoms with Gasteiger partial charge in [0.15, 0.2) is 0 Å². The molecule has 0 radical (unpaired) electrons. The average Bonchev–Trinajstić information content (AvgIpc) is 2.88. The topological polar surface area (TPSA) is 84.0 Å². The number of hydrogen-bond donors (Lipinski definition) is 2. The van der Waals surface area contributed by atoms with E-state index in [9.17, 15) is 9.59 Å². The van der Waals surface area contributed by atoms with Crippen LogP contribution >= 0.6 is 23.1 Å². The Labute approximate surface area is 167 Å². The first-order valence-corrected chi connectivity index (χ1v) is 11.1. The molecule has 2 N–H and O–H groups in total. The Morgan fingerprint density at radius 3 is 2.67 bits per heavy atom. The third-order valence-corrected chi connectivity index (χ3v) is 7.20. The van der Waals surface area contributed by atoms with Crippen LogP contribution in [-0.4, -0.2) is 33.7 Å². The zero-order chi connectivity index (χ0) is 19.6. The largest absolute Gasteiger partial charge is 0.335 e. The predicted molar refractivity (Wildman–Crippen MR) is 110 cm³/mol. The molecule has 2 heterocycles. The van der Waals surface area contributed by atoms with Crippen molar-refractivity contribution in [3.05, 3.63) is 16.3 Å². The molecule has 1 aliphatic carbocycles. The number of thioether (sulfide) groups is 1. The van der Waals surface area contributed by atoms with E-state index in [1.165, 1.54) is 23.1 Å². The molecule has 146 valence electrons. The summed E-state index contributed by atoms with van der Waals surface area (Å²) in [5, 5.41) is 7.21. The third-order valence-electron chi connectivity index (χ3n) is 5.13. The molecule has 8 heteroatoms. The smallest absolute Gasteiger partial charge is 0.321 e. The van der Waals surface area contributed by atoms with Gasteiger partial charge in [-0.3, -0.25) is 10.1 Å². The SMILES string of the molecule is Cc1nc(SCC(=O)NC(=O)N[C@@H]2CCCC[C@@H]2C)c2c(C)c(C)sc2n1. The van der Waals surface area contributed by atoms with Crippen LogP contribution in [0.4, 0.5) is 4.79 Å². The molecule has 2 aromatic heterocycles. The lowest BCUT2D eigenvalue weighted by Crippen LogP contribution is -2.48. The molecule has 1 saturated carbocycles. The molecule has 1 aliphatic rings. The minimum absolute atomic E-state index is 0.146. The summed E-state index contributed by atoms with van der Waals surface area (Å²) in [5.41, 5.74) is 1.15. The molecular weight excluding hydrogens is 380 g/mol. The highest BCUT2D eigenvalue weighted by atomic mass is 32.2. The lowest BCUT2D eigenvalue weighted by molar-refractivity contribution is -0.117. The number of aryl methyl sites for hydroxylation is 3. The first-order chi connectivity index (χ1) is 12.8. The number of nitrogens with zero attached hydrogens (tertiary/aromatic N) is 2. The number of hydrogen-bond acceptors (Lipinski definition) is 6. The number of urea groups is 1. The van der Waals surface area contributed by atoms with Gasteiger partial charge in [-0.25, -0.2) is 14.8 Å². The van der Waals surface area contributed by atoms with Crippen LogP contribution in [0.1, 0.15) is 48.9 Å². The number of thiophene rings is 1. The molecule has 0 unspecified atom stereocenters. The maximum Gasteiger partial charge on any atom is 0.321 e. The molecular formula is C19H26N4O2S2. The van der Waals surface area contributed by atoms with E-state index in [0.717, 1.165) is 40.1 Å². The van der Waals surface area contributed by atoms with E-state index in [-0.39, 0.29) is 17.7 Å². The van der Waals surface area contributed by atoms with E-state index < -0.39 is 6.03 Å². The van der Waals surface area contributed by atoms with Crippen molar-refractivity contribution in [2.45, 2.75) is 64.4 Å². The summed E-state index contributed by atoms with van der Waals surface area (Å²) in [7, 11) is 0. The van der Waals surface area contributed by atoms with Crippen LogP contribution in [-0.2, 0) is 4.79 Å². The van der Waals surface area contributed by atoms with Crippen molar-refractivity contribution in [3.8, 4) is 0 Å². The van der Waals surface area contributed by atoms with E-state index >= 15 is 0 Å². The summed E-state index contributed by atoms with van der Waals surface area (Å²) in [6.45, 7) is 8.12. The molecule has 0 spiro atoms. The summed E-state index contributed by atoms with van der Waals surface area (Å²) in [6, 6.07) is -0.245. The normalized spacial score (nSPS) is 19.9.